The monoisotopic (exact) mass is 122 g/mol. The molecule has 0 aromatic carbocycles. The lowest BCUT2D eigenvalue weighted by Crippen LogP contribution is -1.98. The molecule has 0 unspecified atom stereocenters. The molecule has 2 rings (SSSR count). The molecule has 1 aromatic rings. The van der Waals surface area contributed by atoms with Crippen LogP contribution in [0, 0.1) is 0 Å². The molecule has 48 valence electrons. The van der Waals surface area contributed by atoms with Gasteiger partial charge in [0, 0.05) is 17.3 Å². The van der Waals surface area contributed by atoms with Gasteiger partial charge in [0.1, 0.15) is 0 Å². The summed E-state index contributed by atoms with van der Waals surface area (Å²) in [7, 11) is 0. The summed E-state index contributed by atoms with van der Waals surface area (Å²) in [5, 5.41) is 6.89. The molecule has 2 heteroatoms. The van der Waals surface area contributed by atoms with Crippen LogP contribution >= 0.6 is 0 Å². The zero-order valence-corrected chi connectivity index (χ0v) is 5.52. The molecule has 1 fully saturated rings. The predicted octanol–water partition coefficient (Wildman–Crippen LogP) is 1.46. The average molecular weight is 122 g/mol. The Morgan fingerprint density at radius 1 is 1.67 bits per heavy atom. The molecule has 1 aliphatic rings. The molecule has 0 aliphatic heterocycles. The molecule has 1 aliphatic carbocycles. The van der Waals surface area contributed by atoms with Crippen molar-refractivity contribution in [3.05, 3.63) is 18.0 Å². The molecule has 0 atom stereocenters. The van der Waals surface area contributed by atoms with Crippen molar-refractivity contribution in [3.8, 4) is 0 Å². The van der Waals surface area contributed by atoms with Crippen LogP contribution in [-0.4, -0.2) is 10.2 Å². The van der Waals surface area contributed by atoms with Crippen LogP contribution in [0.4, 0.5) is 0 Å². The van der Waals surface area contributed by atoms with Crippen LogP contribution in [0.15, 0.2) is 12.3 Å². The molecule has 0 spiro atoms. The van der Waals surface area contributed by atoms with Gasteiger partial charge in [0.05, 0.1) is 0 Å². The largest absolute Gasteiger partial charge is 0.282 e. The van der Waals surface area contributed by atoms with Gasteiger partial charge in [-0.1, -0.05) is 6.92 Å². The van der Waals surface area contributed by atoms with Gasteiger partial charge >= 0.3 is 0 Å². The number of rotatable bonds is 1. The van der Waals surface area contributed by atoms with Crippen molar-refractivity contribution >= 4 is 0 Å². The van der Waals surface area contributed by atoms with Crippen molar-refractivity contribution in [2.75, 3.05) is 0 Å². The predicted molar refractivity (Wildman–Crippen MR) is 35.2 cm³/mol. The SMILES string of the molecule is CC1(c2ccn[nH]2)CC1. The van der Waals surface area contributed by atoms with E-state index < -0.39 is 0 Å². The maximum absolute atomic E-state index is 3.90. The molecular weight excluding hydrogens is 112 g/mol. The third-order valence-corrected chi connectivity index (χ3v) is 2.15. The van der Waals surface area contributed by atoms with E-state index in [1.165, 1.54) is 18.5 Å². The Balaban J connectivity index is 2.34. The van der Waals surface area contributed by atoms with Crippen molar-refractivity contribution in [1.29, 1.82) is 0 Å². The highest BCUT2D eigenvalue weighted by Crippen LogP contribution is 2.46. The molecule has 1 N–H and O–H groups in total. The fourth-order valence-corrected chi connectivity index (χ4v) is 1.05. The zero-order valence-electron chi connectivity index (χ0n) is 5.52. The Morgan fingerprint density at radius 2 is 2.44 bits per heavy atom. The third kappa shape index (κ3) is 0.661. The van der Waals surface area contributed by atoms with E-state index in [1.54, 1.807) is 0 Å². The van der Waals surface area contributed by atoms with Crippen LogP contribution < -0.4 is 0 Å². The first-order valence-corrected chi connectivity index (χ1v) is 3.31. The number of aromatic nitrogens is 2. The van der Waals surface area contributed by atoms with Gasteiger partial charge in [-0.15, -0.1) is 0 Å². The average Bonchev–Trinajstić information content (AvgIpc) is 2.46. The van der Waals surface area contributed by atoms with Crippen LogP contribution in [0.1, 0.15) is 25.5 Å². The summed E-state index contributed by atoms with van der Waals surface area (Å²) in [5.74, 6) is 0. The lowest BCUT2D eigenvalue weighted by Gasteiger charge is -2.00. The number of hydrogen-bond acceptors (Lipinski definition) is 1. The molecule has 0 amide bonds. The summed E-state index contributed by atoms with van der Waals surface area (Å²) in [6, 6.07) is 2.06. The lowest BCUT2D eigenvalue weighted by atomic mass is 10.1. The number of nitrogens with one attached hydrogen (secondary N) is 1. The van der Waals surface area contributed by atoms with Gasteiger partial charge in [0.2, 0.25) is 0 Å². The van der Waals surface area contributed by atoms with Gasteiger partial charge in [-0.3, -0.25) is 5.10 Å². The second-order valence-corrected chi connectivity index (χ2v) is 3.03. The van der Waals surface area contributed by atoms with E-state index in [9.17, 15) is 0 Å². The van der Waals surface area contributed by atoms with Crippen LogP contribution in [-0.2, 0) is 5.41 Å². The summed E-state index contributed by atoms with van der Waals surface area (Å²) in [5.41, 5.74) is 1.75. The fourth-order valence-electron chi connectivity index (χ4n) is 1.05. The minimum absolute atomic E-state index is 0.455. The first-order valence-electron chi connectivity index (χ1n) is 3.31. The van der Waals surface area contributed by atoms with Crippen molar-refractivity contribution in [2.45, 2.75) is 25.2 Å². The summed E-state index contributed by atoms with van der Waals surface area (Å²) in [4.78, 5) is 0. The van der Waals surface area contributed by atoms with Gasteiger partial charge in [-0.05, 0) is 18.9 Å². The van der Waals surface area contributed by atoms with E-state index in [1.807, 2.05) is 6.20 Å². The van der Waals surface area contributed by atoms with Crippen molar-refractivity contribution in [1.82, 2.24) is 10.2 Å². The van der Waals surface area contributed by atoms with Crippen LogP contribution in [0.2, 0.25) is 0 Å². The van der Waals surface area contributed by atoms with Crippen molar-refractivity contribution in [3.63, 3.8) is 0 Å². The molecule has 1 aromatic heterocycles. The number of H-pyrrole nitrogens is 1. The minimum Gasteiger partial charge on any atom is -0.282 e. The standard InChI is InChI=1S/C7H10N2/c1-7(3-4-7)6-2-5-8-9-6/h2,5H,3-4H2,1H3,(H,8,9). The summed E-state index contributed by atoms with van der Waals surface area (Å²) in [6.45, 7) is 2.26. The van der Waals surface area contributed by atoms with Crippen molar-refractivity contribution < 1.29 is 0 Å². The second kappa shape index (κ2) is 1.38. The maximum Gasteiger partial charge on any atom is 0.0490 e. The lowest BCUT2D eigenvalue weighted by molar-refractivity contribution is 0.742. The molecule has 0 bridgehead atoms. The van der Waals surface area contributed by atoms with Gasteiger partial charge in [0.25, 0.3) is 0 Å². The Labute approximate surface area is 54.3 Å². The highest BCUT2D eigenvalue weighted by molar-refractivity contribution is 5.20. The van der Waals surface area contributed by atoms with Crippen LogP contribution in [0.3, 0.4) is 0 Å². The Bertz CT molecular complexity index is 197. The molecule has 9 heavy (non-hydrogen) atoms. The van der Waals surface area contributed by atoms with Crippen molar-refractivity contribution in [2.24, 2.45) is 0 Å². The number of hydrogen-bond donors (Lipinski definition) is 1. The second-order valence-electron chi connectivity index (χ2n) is 3.03. The molecule has 1 saturated carbocycles. The van der Waals surface area contributed by atoms with E-state index in [-0.39, 0.29) is 0 Å². The Kier molecular flexibility index (Phi) is 0.770. The Hall–Kier alpha value is -0.790. The fraction of sp³-hybridized carbons (Fsp3) is 0.571. The van der Waals surface area contributed by atoms with E-state index in [0.717, 1.165) is 0 Å². The van der Waals surface area contributed by atoms with Gasteiger partial charge < -0.3 is 0 Å². The van der Waals surface area contributed by atoms with E-state index in [2.05, 4.69) is 23.2 Å². The van der Waals surface area contributed by atoms with E-state index in [4.69, 9.17) is 0 Å². The highest BCUT2D eigenvalue weighted by Gasteiger charge is 2.40. The smallest absolute Gasteiger partial charge is 0.0490 e. The summed E-state index contributed by atoms with van der Waals surface area (Å²) < 4.78 is 0. The molecule has 2 nitrogen and oxygen atoms in total. The van der Waals surface area contributed by atoms with E-state index in [0.29, 0.717) is 5.41 Å². The summed E-state index contributed by atoms with van der Waals surface area (Å²) >= 11 is 0. The highest BCUT2D eigenvalue weighted by atomic mass is 15.1. The molecule has 1 heterocycles. The topological polar surface area (TPSA) is 28.7 Å². The molecular formula is C7H10N2. The van der Waals surface area contributed by atoms with Crippen LogP contribution in [0.25, 0.3) is 0 Å². The third-order valence-electron chi connectivity index (χ3n) is 2.15. The normalized spacial score (nSPS) is 21.9. The first-order chi connectivity index (χ1) is 4.31. The summed E-state index contributed by atoms with van der Waals surface area (Å²) in [6.07, 6.45) is 4.45. The first kappa shape index (κ1) is 5.03. The van der Waals surface area contributed by atoms with Gasteiger partial charge in [-0.25, -0.2) is 0 Å². The number of nitrogens with zero attached hydrogens (tertiary/aromatic N) is 1. The molecule has 0 radical (unpaired) electrons. The Morgan fingerprint density at radius 3 is 2.89 bits per heavy atom. The minimum atomic E-state index is 0.455. The van der Waals surface area contributed by atoms with Gasteiger partial charge in [-0.2, -0.15) is 5.10 Å². The quantitative estimate of drug-likeness (QED) is 0.600. The zero-order chi connectivity index (χ0) is 6.32. The van der Waals surface area contributed by atoms with Gasteiger partial charge in [0.15, 0.2) is 0 Å². The van der Waals surface area contributed by atoms with Crippen LogP contribution in [0.5, 0.6) is 0 Å². The maximum atomic E-state index is 3.90. The molecule has 0 saturated heterocycles. The van der Waals surface area contributed by atoms with E-state index >= 15 is 0 Å². The number of aromatic amines is 1.